The highest BCUT2D eigenvalue weighted by Gasteiger charge is 1.92. The fourth-order valence-corrected chi connectivity index (χ4v) is 0.672. The molecular weight excluding hydrogens is 148 g/mol. The maximum atomic E-state index is 10.8. The Morgan fingerprint density at radius 3 is 2.82 bits per heavy atom. The van der Waals surface area contributed by atoms with Crippen LogP contribution in [0, 0.1) is 0 Å². The zero-order valence-electron chi connectivity index (χ0n) is 5.61. The summed E-state index contributed by atoms with van der Waals surface area (Å²) in [4.78, 5) is 31.3. The van der Waals surface area contributed by atoms with Crippen LogP contribution in [-0.2, 0) is 11.3 Å². The fraction of sp³-hybridized carbons (Fsp3) is 0.167. The van der Waals surface area contributed by atoms with E-state index in [-0.39, 0.29) is 6.54 Å². The molecule has 1 N–H and O–H groups in total. The molecule has 0 aliphatic rings. The van der Waals surface area contributed by atoms with Crippen LogP contribution >= 0.6 is 0 Å². The molecule has 0 radical (unpaired) electrons. The van der Waals surface area contributed by atoms with Crippen molar-refractivity contribution in [1.29, 1.82) is 0 Å². The lowest BCUT2D eigenvalue weighted by Gasteiger charge is -1.96. The van der Waals surface area contributed by atoms with Crippen LogP contribution in [0.5, 0.6) is 0 Å². The molecule has 0 saturated heterocycles. The molecule has 0 fully saturated rings. The van der Waals surface area contributed by atoms with E-state index in [1.165, 1.54) is 0 Å². The Kier molecular flexibility index (Phi) is 2.00. The summed E-state index contributed by atoms with van der Waals surface area (Å²) in [6, 6.07) is 2.23. The Bertz CT molecular complexity index is 363. The van der Waals surface area contributed by atoms with E-state index < -0.39 is 11.1 Å². The third kappa shape index (κ3) is 1.64. The quantitative estimate of drug-likeness (QED) is 0.540. The molecule has 58 valence electrons. The summed E-state index contributed by atoms with van der Waals surface area (Å²) < 4.78 is 0.940. The summed E-state index contributed by atoms with van der Waals surface area (Å²) in [5.41, 5.74) is -0.789. The molecule has 1 aromatic rings. The molecule has 0 spiro atoms. The molecule has 0 aliphatic carbocycles. The van der Waals surface area contributed by atoms with Crippen LogP contribution < -0.4 is 11.1 Å². The summed E-state index contributed by atoms with van der Waals surface area (Å²) in [5.74, 6) is 0. The van der Waals surface area contributed by atoms with Gasteiger partial charge in [-0.1, -0.05) is 0 Å². The molecule has 1 heterocycles. The van der Waals surface area contributed by atoms with Gasteiger partial charge in [0.05, 0.1) is 6.54 Å². The van der Waals surface area contributed by atoms with Gasteiger partial charge in [0, 0.05) is 12.1 Å². The van der Waals surface area contributed by atoms with Gasteiger partial charge in [0.25, 0.3) is 11.1 Å². The summed E-state index contributed by atoms with van der Waals surface area (Å²) in [6.07, 6.45) is 0.539. The number of carbonyl (C=O) groups is 1. The first kappa shape index (κ1) is 7.46. The van der Waals surface area contributed by atoms with Crippen molar-refractivity contribution in [3.05, 3.63) is 32.8 Å². The van der Waals surface area contributed by atoms with E-state index in [1.54, 1.807) is 0 Å². The maximum absolute atomic E-state index is 10.8. The summed E-state index contributed by atoms with van der Waals surface area (Å²) in [7, 11) is 0. The number of aromatic nitrogens is 2. The highest BCUT2D eigenvalue weighted by Crippen LogP contribution is 1.65. The molecule has 1 aromatic heterocycles. The molecule has 0 saturated carbocycles. The van der Waals surface area contributed by atoms with Gasteiger partial charge in [-0.25, -0.2) is 4.68 Å². The van der Waals surface area contributed by atoms with Gasteiger partial charge in [-0.05, 0) is 0 Å². The first-order valence-electron chi connectivity index (χ1n) is 2.98. The van der Waals surface area contributed by atoms with Gasteiger partial charge in [-0.2, -0.15) is 0 Å². The number of hydrogen-bond acceptors (Lipinski definition) is 3. The van der Waals surface area contributed by atoms with Crippen LogP contribution in [0.15, 0.2) is 21.7 Å². The van der Waals surface area contributed by atoms with Gasteiger partial charge in [0.2, 0.25) is 0 Å². The second-order valence-corrected chi connectivity index (χ2v) is 1.92. The summed E-state index contributed by atoms with van der Waals surface area (Å²) >= 11 is 0. The van der Waals surface area contributed by atoms with E-state index in [1.807, 2.05) is 0 Å². The SMILES string of the molecule is O=CCn1[nH]c(=O)ccc1=O. The monoisotopic (exact) mass is 154 g/mol. The van der Waals surface area contributed by atoms with Crippen LogP contribution in [-0.4, -0.2) is 16.1 Å². The van der Waals surface area contributed by atoms with Crippen molar-refractivity contribution in [2.24, 2.45) is 0 Å². The summed E-state index contributed by atoms with van der Waals surface area (Å²) in [5, 5.41) is 2.19. The zero-order valence-corrected chi connectivity index (χ0v) is 5.61. The van der Waals surface area contributed by atoms with E-state index >= 15 is 0 Å². The van der Waals surface area contributed by atoms with Crippen LogP contribution in [0.3, 0.4) is 0 Å². The predicted octanol–water partition coefficient (Wildman–Crippen LogP) is -1.26. The molecule has 0 amide bonds. The first-order valence-corrected chi connectivity index (χ1v) is 2.98. The van der Waals surface area contributed by atoms with E-state index in [4.69, 9.17) is 0 Å². The minimum absolute atomic E-state index is 0.116. The third-order valence-electron chi connectivity index (χ3n) is 1.15. The lowest BCUT2D eigenvalue weighted by atomic mass is 10.5. The maximum Gasteiger partial charge on any atom is 0.265 e. The molecule has 5 nitrogen and oxygen atoms in total. The average molecular weight is 154 g/mol. The van der Waals surface area contributed by atoms with E-state index in [2.05, 4.69) is 5.10 Å². The number of rotatable bonds is 2. The standard InChI is InChI=1S/C6H6N2O3/c9-4-3-8-6(11)2-1-5(10)7-8/h1-2,4H,3H2,(H,7,10). The highest BCUT2D eigenvalue weighted by molar-refractivity contribution is 5.48. The van der Waals surface area contributed by atoms with Crippen molar-refractivity contribution in [3.63, 3.8) is 0 Å². The van der Waals surface area contributed by atoms with Crippen molar-refractivity contribution in [3.8, 4) is 0 Å². The summed E-state index contributed by atoms with van der Waals surface area (Å²) in [6.45, 7) is -0.116. The van der Waals surface area contributed by atoms with Gasteiger partial charge >= 0.3 is 0 Å². The average Bonchev–Trinajstić information content (AvgIpc) is 1.98. The van der Waals surface area contributed by atoms with E-state index in [0.29, 0.717) is 6.29 Å². The molecule has 1 rings (SSSR count). The Labute approximate surface area is 61.3 Å². The largest absolute Gasteiger partial charge is 0.301 e. The zero-order chi connectivity index (χ0) is 8.27. The van der Waals surface area contributed by atoms with Crippen LogP contribution in [0.4, 0.5) is 0 Å². The second-order valence-electron chi connectivity index (χ2n) is 1.92. The van der Waals surface area contributed by atoms with E-state index in [0.717, 1.165) is 16.8 Å². The number of hydrogen-bond donors (Lipinski definition) is 1. The molecular formula is C6H6N2O3. The Hall–Kier alpha value is -1.65. The molecule has 0 bridgehead atoms. The minimum Gasteiger partial charge on any atom is -0.301 e. The fourth-order valence-electron chi connectivity index (χ4n) is 0.672. The smallest absolute Gasteiger partial charge is 0.265 e. The van der Waals surface area contributed by atoms with Crippen LogP contribution in [0.25, 0.3) is 0 Å². The predicted molar refractivity (Wildman–Crippen MR) is 37.4 cm³/mol. The van der Waals surface area contributed by atoms with Gasteiger partial charge in [-0.3, -0.25) is 14.7 Å². The lowest BCUT2D eigenvalue weighted by Crippen LogP contribution is -2.28. The van der Waals surface area contributed by atoms with Gasteiger partial charge in [0.1, 0.15) is 6.29 Å². The number of aldehydes is 1. The second kappa shape index (κ2) is 2.96. The number of carbonyl (C=O) groups excluding carboxylic acids is 1. The number of aromatic amines is 1. The Morgan fingerprint density at radius 1 is 1.45 bits per heavy atom. The normalized spacial score (nSPS) is 9.45. The highest BCUT2D eigenvalue weighted by atomic mass is 16.2. The van der Waals surface area contributed by atoms with Crippen LogP contribution in [0.2, 0.25) is 0 Å². The molecule has 0 aromatic carbocycles. The number of nitrogens with zero attached hydrogens (tertiary/aromatic N) is 1. The molecule has 0 atom stereocenters. The van der Waals surface area contributed by atoms with Crippen molar-refractivity contribution in [2.75, 3.05) is 0 Å². The molecule has 11 heavy (non-hydrogen) atoms. The molecule has 0 unspecified atom stereocenters. The number of nitrogens with one attached hydrogen (secondary N) is 1. The Balaban J connectivity index is 3.23. The Morgan fingerprint density at radius 2 is 2.18 bits per heavy atom. The molecule has 5 heteroatoms. The van der Waals surface area contributed by atoms with Crippen molar-refractivity contribution < 1.29 is 4.79 Å². The molecule has 0 aliphatic heterocycles. The van der Waals surface area contributed by atoms with Crippen molar-refractivity contribution >= 4 is 6.29 Å². The minimum atomic E-state index is -0.397. The third-order valence-corrected chi connectivity index (χ3v) is 1.15. The van der Waals surface area contributed by atoms with Gasteiger partial charge < -0.3 is 4.79 Å². The number of H-pyrrole nitrogens is 1. The van der Waals surface area contributed by atoms with Crippen molar-refractivity contribution in [2.45, 2.75) is 6.54 Å². The van der Waals surface area contributed by atoms with Crippen LogP contribution in [0.1, 0.15) is 0 Å². The first-order chi connectivity index (χ1) is 5.24. The lowest BCUT2D eigenvalue weighted by molar-refractivity contribution is -0.108. The van der Waals surface area contributed by atoms with E-state index in [9.17, 15) is 14.4 Å². The van der Waals surface area contributed by atoms with Gasteiger partial charge in [-0.15, -0.1) is 0 Å². The van der Waals surface area contributed by atoms with Crippen molar-refractivity contribution in [1.82, 2.24) is 9.78 Å². The van der Waals surface area contributed by atoms with Gasteiger partial charge in [0.15, 0.2) is 0 Å². The topological polar surface area (TPSA) is 71.9 Å².